The number of piperidine rings is 1. The number of nitrogens with zero attached hydrogens (tertiary/aromatic N) is 2. The van der Waals surface area contributed by atoms with Gasteiger partial charge in [-0.15, -0.1) is 0 Å². The number of aliphatic hydroxyl groups is 1. The second-order valence-corrected chi connectivity index (χ2v) is 13.8. The van der Waals surface area contributed by atoms with Crippen molar-refractivity contribution in [3.8, 4) is 11.5 Å². The SMILES string of the molecule is COc1ccc2c3c1O[C@H]1[C@H](N(C)S(=O)(=O)Cc4ccccc4)CC[C@H]4[C@@H](C2)N(CC2CC2O)CC[C@@]341. The van der Waals surface area contributed by atoms with Gasteiger partial charge in [-0.1, -0.05) is 36.4 Å². The van der Waals surface area contributed by atoms with Crippen molar-refractivity contribution in [2.24, 2.45) is 11.8 Å². The van der Waals surface area contributed by atoms with E-state index in [1.165, 1.54) is 11.1 Å². The first-order chi connectivity index (χ1) is 17.8. The predicted octanol–water partition coefficient (Wildman–Crippen LogP) is 2.95. The van der Waals surface area contributed by atoms with Crippen molar-refractivity contribution in [1.82, 2.24) is 9.21 Å². The average molecular weight is 525 g/mol. The monoisotopic (exact) mass is 524 g/mol. The second kappa shape index (κ2) is 8.43. The number of benzene rings is 2. The maximum Gasteiger partial charge on any atom is 0.218 e. The molecule has 2 saturated carbocycles. The van der Waals surface area contributed by atoms with Crippen LogP contribution in [-0.4, -0.2) is 74.3 Å². The van der Waals surface area contributed by atoms with Crippen LogP contribution >= 0.6 is 0 Å². The zero-order valence-corrected chi connectivity index (χ0v) is 22.4. The lowest BCUT2D eigenvalue weighted by molar-refractivity contribution is -0.0759. The Morgan fingerprint density at radius 1 is 1.19 bits per heavy atom. The summed E-state index contributed by atoms with van der Waals surface area (Å²) in [4.78, 5) is 2.62. The van der Waals surface area contributed by atoms with Gasteiger partial charge >= 0.3 is 0 Å². The fourth-order valence-electron chi connectivity index (χ4n) is 8.17. The molecule has 0 aromatic heterocycles. The summed E-state index contributed by atoms with van der Waals surface area (Å²) in [5.41, 5.74) is 3.19. The van der Waals surface area contributed by atoms with E-state index in [2.05, 4.69) is 11.0 Å². The highest BCUT2D eigenvalue weighted by Crippen LogP contribution is 2.64. The van der Waals surface area contributed by atoms with Crippen LogP contribution in [-0.2, 0) is 27.6 Å². The first kappa shape index (κ1) is 23.9. The molecule has 7 atom stereocenters. The maximum atomic E-state index is 13.6. The zero-order valence-electron chi connectivity index (χ0n) is 21.5. The van der Waals surface area contributed by atoms with Crippen molar-refractivity contribution in [3.63, 3.8) is 0 Å². The van der Waals surface area contributed by atoms with E-state index in [1.807, 2.05) is 36.4 Å². The minimum atomic E-state index is -3.54. The highest BCUT2D eigenvalue weighted by molar-refractivity contribution is 7.88. The Kier molecular flexibility index (Phi) is 5.46. The molecule has 2 aliphatic heterocycles. The molecule has 1 N–H and O–H groups in total. The van der Waals surface area contributed by atoms with Gasteiger partial charge in [-0.25, -0.2) is 8.42 Å². The third kappa shape index (κ3) is 3.52. The summed E-state index contributed by atoms with van der Waals surface area (Å²) in [5, 5.41) is 10.0. The quantitative estimate of drug-likeness (QED) is 0.600. The molecule has 2 heterocycles. The minimum absolute atomic E-state index is 0.00831. The predicted molar refractivity (Wildman–Crippen MR) is 140 cm³/mol. The minimum Gasteiger partial charge on any atom is -0.493 e. The molecule has 3 aliphatic carbocycles. The molecule has 7 rings (SSSR count). The van der Waals surface area contributed by atoms with Gasteiger partial charge in [0, 0.05) is 36.5 Å². The van der Waals surface area contributed by atoms with E-state index in [0.29, 0.717) is 17.9 Å². The summed E-state index contributed by atoms with van der Waals surface area (Å²) in [6, 6.07) is 13.8. The lowest BCUT2D eigenvalue weighted by Crippen LogP contribution is -2.69. The van der Waals surface area contributed by atoms with E-state index >= 15 is 0 Å². The van der Waals surface area contributed by atoms with E-state index in [4.69, 9.17) is 9.47 Å². The van der Waals surface area contributed by atoms with E-state index < -0.39 is 10.0 Å². The van der Waals surface area contributed by atoms with Gasteiger partial charge in [0.1, 0.15) is 6.10 Å². The van der Waals surface area contributed by atoms with Crippen LogP contribution in [0.2, 0.25) is 0 Å². The van der Waals surface area contributed by atoms with E-state index in [9.17, 15) is 13.5 Å². The molecular formula is C29H36N2O5S. The van der Waals surface area contributed by atoms with Crippen LogP contribution in [0.25, 0.3) is 0 Å². The molecule has 0 amide bonds. The summed E-state index contributed by atoms with van der Waals surface area (Å²) >= 11 is 0. The Morgan fingerprint density at radius 2 is 1.97 bits per heavy atom. The second-order valence-electron chi connectivity index (χ2n) is 11.8. The van der Waals surface area contributed by atoms with Crippen LogP contribution in [0.3, 0.4) is 0 Å². The number of methoxy groups -OCH3 is 1. The summed E-state index contributed by atoms with van der Waals surface area (Å²) in [5.74, 6) is 2.37. The average Bonchev–Trinajstić information content (AvgIpc) is 3.47. The smallest absolute Gasteiger partial charge is 0.218 e. The Bertz CT molecular complexity index is 1320. The highest BCUT2D eigenvalue weighted by Gasteiger charge is 2.67. The van der Waals surface area contributed by atoms with E-state index in [-0.39, 0.29) is 29.4 Å². The molecule has 2 bridgehead atoms. The maximum absolute atomic E-state index is 13.6. The van der Waals surface area contributed by atoms with Crippen molar-refractivity contribution in [3.05, 3.63) is 59.2 Å². The van der Waals surface area contributed by atoms with Crippen LogP contribution < -0.4 is 9.47 Å². The van der Waals surface area contributed by atoms with Gasteiger partial charge in [-0.3, -0.25) is 4.90 Å². The van der Waals surface area contributed by atoms with Crippen molar-refractivity contribution in [1.29, 1.82) is 0 Å². The standard InChI is InChI=1S/C29H36N2O5S/c1-30(37(33,34)17-18-6-4-3-5-7-18)22-10-9-21-23-14-19-8-11-25(35-2)27-26(19)29(21,28(22)36-27)12-13-31(23)16-20-15-24(20)32/h3-8,11,20-24,28,32H,9-10,12-17H2,1-2H3/t20?,21-,22+,23+,24?,28-,29-/m0/s1. The number of aliphatic hydroxyl groups excluding tert-OH is 1. The number of likely N-dealkylation sites (N-methyl/N-ethyl adjacent to an activating group) is 1. The lowest BCUT2D eigenvalue weighted by Gasteiger charge is -2.60. The molecule has 8 heteroatoms. The van der Waals surface area contributed by atoms with Gasteiger partial charge in [-0.05, 0) is 61.8 Å². The molecule has 0 radical (unpaired) electrons. The first-order valence-corrected chi connectivity index (χ1v) is 15.2. The Balaban J connectivity index is 1.27. The van der Waals surface area contributed by atoms with Gasteiger partial charge in [0.05, 0.1) is 25.0 Å². The molecule has 37 heavy (non-hydrogen) atoms. The van der Waals surface area contributed by atoms with Crippen LogP contribution in [0.15, 0.2) is 42.5 Å². The van der Waals surface area contributed by atoms with Crippen molar-refractivity contribution in [2.75, 3.05) is 27.2 Å². The number of hydrogen-bond acceptors (Lipinski definition) is 6. The number of hydrogen-bond donors (Lipinski definition) is 1. The Labute approximate surface area is 219 Å². The first-order valence-electron chi connectivity index (χ1n) is 13.6. The van der Waals surface area contributed by atoms with Gasteiger partial charge in [0.15, 0.2) is 11.5 Å². The molecule has 1 spiro atoms. The van der Waals surface area contributed by atoms with Crippen molar-refractivity contribution in [2.45, 2.75) is 67.6 Å². The molecule has 2 aromatic rings. The largest absolute Gasteiger partial charge is 0.493 e. The molecule has 3 fully saturated rings. The van der Waals surface area contributed by atoms with E-state index in [1.54, 1.807) is 18.5 Å². The fourth-order valence-corrected chi connectivity index (χ4v) is 9.62. The van der Waals surface area contributed by atoms with E-state index in [0.717, 1.165) is 62.3 Å². The van der Waals surface area contributed by atoms with Crippen LogP contribution in [0.1, 0.15) is 42.4 Å². The molecule has 2 aromatic carbocycles. The fraction of sp³-hybridized carbons (Fsp3) is 0.586. The Morgan fingerprint density at radius 3 is 2.70 bits per heavy atom. The summed E-state index contributed by atoms with van der Waals surface area (Å²) < 4.78 is 41.5. The number of likely N-dealkylation sites (tertiary alicyclic amines) is 1. The van der Waals surface area contributed by atoms with Gasteiger partial charge in [-0.2, -0.15) is 4.31 Å². The number of sulfonamides is 1. The van der Waals surface area contributed by atoms with Crippen molar-refractivity contribution >= 4 is 10.0 Å². The topological polar surface area (TPSA) is 79.3 Å². The van der Waals surface area contributed by atoms with Gasteiger partial charge in [0.25, 0.3) is 0 Å². The summed E-state index contributed by atoms with van der Waals surface area (Å²) in [7, 11) is -0.109. The van der Waals surface area contributed by atoms with Gasteiger partial charge < -0.3 is 14.6 Å². The lowest BCUT2D eigenvalue weighted by atomic mass is 9.51. The van der Waals surface area contributed by atoms with Crippen LogP contribution in [0.4, 0.5) is 0 Å². The molecule has 198 valence electrons. The zero-order chi connectivity index (χ0) is 25.5. The molecule has 7 nitrogen and oxygen atoms in total. The third-order valence-electron chi connectivity index (χ3n) is 10.1. The summed E-state index contributed by atoms with van der Waals surface area (Å²) in [6.45, 7) is 1.91. The molecule has 2 unspecified atom stereocenters. The summed E-state index contributed by atoms with van der Waals surface area (Å²) in [6.07, 6.45) is 4.20. The molecule has 1 saturated heterocycles. The number of rotatable bonds is 7. The van der Waals surface area contributed by atoms with Gasteiger partial charge in [0.2, 0.25) is 10.0 Å². The normalized spacial score (nSPS) is 35.7. The Hall–Kier alpha value is -2.13. The number of ether oxygens (including phenoxy) is 2. The molecular weight excluding hydrogens is 488 g/mol. The van der Waals surface area contributed by atoms with Crippen LogP contribution in [0, 0.1) is 11.8 Å². The highest BCUT2D eigenvalue weighted by atomic mass is 32.2. The molecule has 5 aliphatic rings. The van der Waals surface area contributed by atoms with Crippen molar-refractivity contribution < 1.29 is 23.0 Å². The van der Waals surface area contributed by atoms with Crippen LogP contribution in [0.5, 0.6) is 11.5 Å². The third-order valence-corrected chi connectivity index (χ3v) is 11.9.